The van der Waals surface area contributed by atoms with Crippen molar-refractivity contribution in [2.75, 3.05) is 6.54 Å². The molecule has 1 spiro atoms. The number of rotatable bonds is 6. The molecule has 2 aromatic rings. The van der Waals surface area contributed by atoms with Crippen LogP contribution < -0.4 is 10.6 Å². The Morgan fingerprint density at radius 1 is 1.13 bits per heavy atom. The smallest absolute Gasteiger partial charge is 0.325 e. The second kappa shape index (κ2) is 8.30. The molecule has 2 aromatic carbocycles. The highest BCUT2D eigenvalue weighted by atomic mass is 16.2. The van der Waals surface area contributed by atoms with Crippen LogP contribution in [0.5, 0.6) is 0 Å². The van der Waals surface area contributed by atoms with Crippen LogP contribution in [0.4, 0.5) is 4.79 Å². The summed E-state index contributed by atoms with van der Waals surface area (Å²) in [4.78, 5) is 39.5. The molecule has 1 aliphatic heterocycles. The van der Waals surface area contributed by atoms with Crippen LogP contribution in [0.1, 0.15) is 42.9 Å². The molecule has 6 heteroatoms. The van der Waals surface area contributed by atoms with Gasteiger partial charge >= 0.3 is 6.03 Å². The Hall–Kier alpha value is -3.15. The summed E-state index contributed by atoms with van der Waals surface area (Å²) in [6, 6.07) is 17.3. The lowest BCUT2D eigenvalue weighted by Gasteiger charge is -2.33. The standard InChI is InChI=1S/C24H27N3O3/c1-17(13-14-18-8-3-2-4-9-18)25-21(28)16-27-22(29)24(26-23(27)30)15-7-11-19-10-5-6-12-20(19)24/h2-6,8-10,12,17H,7,11,13-16H2,1H3,(H,25,28)(H,26,30)/t17-,24-/m1/s1. The highest BCUT2D eigenvalue weighted by Gasteiger charge is 2.54. The van der Waals surface area contributed by atoms with Crippen molar-refractivity contribution in [2.45, 2.75) is 50.6 Å². The fraction of sp³-hybridized carbons (Fsp3) is 0.375. The molecule has 1 saturated heterocycles. The Labute approximate surface area is 176 Å². The molecule has 0 aromatic heterocycles. The highest BCUT2D eigenvalue weighted by Crippen LogP contribution is 2.39. The maximum atomic E-state index is 13.3. The molecule has 0 saturated carbocycles. The fourth-order valence-electron chi connectivity index (χ4n) is 4.52. The van der Waals surface area contributed by atoms with Crippen molar-refractivity contribution in [1.82, 2.24) is 15.5 Å². The first-order valence-electron chi connectivity index (χ1n) is 10.6. The summed E-state index contributed by atoms with van der Waals surface area (Å²) in [5, 5.41) is 5.80. The molecule has 156 valence electrons. The van der Waals surface area contributed by atoms with Gasteiger partial charge in [0.2, 0.25) is 5.91 Å². The molecule has 2 aliphatic rings. The molecule has 6 nitrogen and oxygen atoms in total. The Kier molecular flexibility index (Phi) is 5.57. The van der Waals surface area contributed by atoms with Gasteiger partial charge in [0.05, 0.1) is 0 Å². The van der Waals surface area contributed by atoms with Crippen molar-refractivity contribution in [2.24, 2.45) is 0 Å². The molecule has 1 heterocycles. The van der Waals surface area contributed by atoms with E-state index in [1.165, 1.54) is 5.56 Å². The first kappa shape index (κ1) is 20.1. The van der Waals surface area contributed by atoms with Gasteiger partial charge in [-0.15, -0.1) is 0 Å². The average Bonchev–Trinajstić information content (AvgIpc) is 2.98. The zero-order valence-electron chi connectivity index (χ0n) is 17.2. The number of hydrogen-bond acceptors (Lipinski definition) is 3. The van der Waals surface area contributed by atoms with Crippen LogP contribution in [0.3, 0.4) is 0 Å². The molecular formula is C24H27N3O3. The number of aryl methyl sites for hydroxylation is 2. The minimum Gasteiger partial charge on any atom is -0.352 e. The van der Waals surface area contributed by atoms with E-state index in [9.17, 15) is 14.4 Å². The SMILES string of the molecule is C[C@H](CCc1ccccc1)NC(=O)CN1C(=O)N[C@@]2(CCCc3ccccc32)C1=O. The monoisotopic (exact) mass is 405 g/mol. The summed E-state index contributed by atoms with van der Waals surface area (Å²) in [7, 11) is 0. The van der Waals surface area contributed by atoms with Crippen molar-refractivity contribution >= 4 is 17.8 Å². The fourth-order valence-corrected chi connectivity index (χ4v) is 4.52. The van der Waals surface area contributed by atoms with Crippen molar-refractivity contribution in [3.8, 4) is 0 Å². The van der Waals surface area contributed by atoms with Gasteiger partial charge in [-0.1, -0.05) is 54.6 Å². The van der Waals surface area contributed by atoms with E-state index in [4.69, 9.17) is 0 Å². The first-order valence-corrected chi connectivity index (χ1v) is 10.6. The minimum absolute atomic E-state index is 0.0529. The quantitative estimate of drug-likeness (QED) is 0.726. The lowest BCUT2D eigenvalue weighted by Crippen LogP contribution is -2.47. The third-order valence-electron chi connectivity index (χ3n) is 6.07. The maximum absolute atomic E-state index is 13.3. The summed E-state index contributed by atoms with van der Waals surface area (Å²) >= 11 is 0. The van der Waals surface area contributed by atoms with Gasteiger partial charge in [0.15, 0.2) is 0 Å². The Balaban J connectivity index is 1.39. The predicted molar refractivity (Wildman–Crippen MR) is 114 cm³/mol. The van der Waals surface area contributed by atoms with E-state index in [0.717, 1.165) is 41.7 Å². The van der Waals surface area contributed by atoms with Gasteiger partial charge in [0.25, 0.3) is 5.91 Å². The topological polar surface area (TPSA) is 78.5 Å². The first-order chi connectivity index (χ1) is 14.5. The normalized spacial score (nSPS) is 21.3. The molecule has 30 heavy (non-hydrogen) atoms. The highest BCUT2D eigenvalue weighted by molar-refractivity contribution is 6.09. The zero-order valence-corrected chi connectivity index (χ0v) is 17.2. The van der Waals surface area contributed by atoms with Crippen LogP contribution in [0, 0.1) is 0 Å². The molecule has 4 amide bonds. The summed E-state index contributed by atoms with van der Waals surface area (Å²) in [5.74, 6) is -0.646. The van der Waals surface area contributed by atoms with Crippen molar-refractivity contribution in [3.05, 3.63) is 71.3 Å². The second-order valence-electron chi connectivity index (χ2n) is 8.23. The third-order valence-corrected chi connectivity index (χ3v) is 6.07. The third kappa shape index (κ3) is 3.82. The van der Waals surface area contributed by atoms with E-state index in [1.807, 2.05) is 49.4 Å². The number of amides is 4. The number of hydrogen-bond donors (Lipinski definition) is 2. The summed E-state index contributed by atoms with van der Waals surface area (Å²) in [6.07, 6.45) is 3.90. The van der Waals surface area contributed by atoms with E-state index in [1.54, 1.807) is 0 Å². The number of carbonyl (C=O) groups is 3. The number of nitrogens with one attached hydrogen (secondary N) is 2. The molecular weight excluding hydrogens is 378 g/mol. The lowest BCUT2D eigenvalue weighted by molar-refractivity contribution is -0.135. The van der Waals surface area contributed by atoms with Gasteiger partial charge in [-0.05, 0) is 55.7 Å². The van der Waals surface area contributed by atoms with E-state index in [-0.39, 0.29) is 24.4 Å². The summed E-state index contributed by atoms with van der Waals surface area (Å²) < 4.78 is 0. The van der Waals surface area contributed by atoms with Gasteiger partial charge in [-0.2, -0.15) is 0 Å². The molecule has 1 fully saturated rings. The van der Waals surface area contributed by atoms with Gasteiger partial charge < -0.3 is 10.6 Å². The van der Waals surface area contributed by atoms with E-state index < -0.39 is 11.6 Å². The Morgan fingerprint density at radius 3 is 2.67 bits per heavy atom. The molecule has 4 rings (SSSR count). The molecule has 0 bridgehead atoms. The average molecular weight is 405 g/mol. The van der Waals surface area contributed by atoms with Gasteiger partial charge in [0.1, 0.15) is 12.1 Å². The van der Waals surface area contributed by atoms with Crippen LogP contribution in [0.2, 0.25) is 0 Å². The van der Waals surface area contributed by atoms with E-state index in [2.05, 4.69) is 22.8 Å². The second-order valence-corrected chi connectivity index (χ2v) is 8.23. The number of fused-ring (bicyclic) bond motifs is 2. The van der Waals surface area contributed by atoms with Crippen LogP contribution in [-0.4, -0.2) is 35.3 Å². The van der Waals surface area contributed by atoms with Crippen LogP contribution in [-0.2, 0) is 28.0 Å². The Bertz CT molecular complexity index is 959. The van der Waals surface area contributed by atoms with Crippen molar-refractivity contribution in [3.63, 3.8) is 0 Å². The van der Waals surface area contributed by atoms with Gasteiger partial charge in [-0.3, -0.25) is 14.5 Å². The molecule has 1 aliphatic carbocycles. The minimum atomic E-state index is -1.04. The molecule has 0 radical (unpaired) electrons. The predicted octanol–water partition coefficient (Wildman–Crippen LogP) is 2.91. The van der Waals surface area contributed by atoms with Crippen LogP contribution in [0.15, 0.2) is 54.6 Å². The number of urea groups is 1. The molecule has 2 atom stereocenters. The largest absolute Gasteiger partial charge is 0.352 e. The van der Waals surface area contributed by atoms with Crippen molar-refractivity contribution < 1.29 is 14.4 Å². The van der Waals surface area contributed by atoms with Crippen molar-refractivity contribution in [1.29, 1.82) is 0 Å². The molecule has 0 unspecified atom stereocenters. The maximum Gasteiger partial charge on any atom is 0.325 e. The number of benzene rings is 2. The van der Waals surface area contributed by atoms with Gasteiger partial charge in [-0.25, -0.2) is 4.79 Å². The summed E-state index contributed by atoms with van der Waals surface area (Å²) in [5.41, 5.74) is 2.11. The van der Waals surface area contributed by atoms with Gasteiger partial charge in [0, 0.05) is 6.04 Å². The number of imide groups is 1. The summed E-state index contributed by atoms with van der Waals surface area (Å²) in [6.45, 7) is 1.68. The van der Waals surface area contributed by atoms with Crippen LogP contribution >= 0.6 is 0 Å². The van der Waals surface area contributed by atoms with Crippen LogP contribution in [0.25, 0.3) is 0 Å². The Morgan fingerprint density at radius 2 is 1.87 bits per heavy atom. The zero-order chi connectivity index (χ0) is 21.1. The lowest BCUT2D eigenvalue weighted by atomic mass is 9.76. The van der Waals surface area contributed by atoms with E-state index in [0.29, 0.717) is 6.42 Å². The van der Waals surface area contributed by atoms with E-state index >= 15 is 0 Å². The number of carbonyl (C=O) groups excluding carboxylic acids is 3. The molecule has 2 N–H and O–H groups in total. The number of nitrogens with zero attached hydrogens (tertiary/aromatic N) is 1.